The number of aliphatic imine (C=N–C) groups is 1. The Morgan fingerprint density at radius 3 is 2.31 bits per heavy atom. The summed E-state index contributed by atoms with van der Waals surface area (Å²) in [4.78, 5) is 80.4. The van der Waals surface area contributed by atoms with Crippen LogP contribution in [0.3, 0.4) is 0 Å². The molecule has 4 aliphatic heterocycles. The van der Waals surface area contributed by atoms with Crippen LogP contribution in [0.25, 0.3) is 27.7 Å². The van der Waals surface area contributed by atoms with Gasteiger partial charge in [-0.3, -0.25) is 24.2 Å². The molecule has 0 bridgehead atoms. The predicted octanol–water partition coefficient (Wildman–Crippen LogP) is 7.13. The molecule has 16 nitrogen and oxygen atoms in total. The zero-order valence-corrected chi connectivity index (χ0v) is 39.8. The Balaban J connectivity index is 1.01. The van der Waals surface area contributed by atoms with Crippen LogP contribution in [-0.2, 0) is 31.1 Å². The summed E-state index contributed by atoms with van der Waals surface area (Å²) in [7, 11) is 1.59. The maximum atomic E-state index is 15.7. The first-order chi connectivity index (χ1) is 33.6. The quantitative estimate of drug-likeness (QED) is 0.111. The first kappa shape index (κ1) is 44.7. The van der Waals surface area contributed by atoms with Crippen molar-refractivity contribution in [1.82, 2.24) is 24.7 Å². The molecule has 0 unspecified atom stereocenters. The van der Waals surface area contributed by atoms with E-state index in [-0.39, 0.29) is 46.6 Å². The molecule has 1 saturated carbocycles. The van der Waals surface area contributed by atoms with Gasteiger partial charge in [-0.1, -0.05) is 25.1 Å². The number of amides is 1. The molecule has 2 N–H and O–H groups in total. The zero-order chi connectivity index (χ0) is 49.1. The normalized spacial score (nSPS) is 22.5. The van der Waals surface area contributed by atoms with Crippen molar-refractivity contribution in [3.8, 4) is 16.8 Å². The highest BCUT2D eigenvalue weighted by Gasteiger charge is 2.60. The van der Waals surface area contributed by atoms with Gasteiger partial charge < -0.3 is 24.4 Å². The second-order valence-corrected chi connectivity index (χ2v) is 19.7. The van der Waals surface area contributed by atoms with Gasteiger partial charge >= 0.3 is 5.88 Å². The van der Waals surface area contributed by atoms with E-state index in [1.54, 1.807) is 90.1 Å². The lowest BCUT2D eigenvalue weighted by Crippen LogP contribution is -2.43. The fourth-order valence-corrected chi connectivity index (χ4v) is 11.3. The Kier molecular flexibility index (Phi) is 10.3. The van der Waals surface area contributed by atoms with Crippen LogP contribution >= 0.6 is 0 Å². The number of carbonyl (C=O) groups excluding carboxylic acids is 3. The largest absolute Gasteiger partial charge is 0.384 e. The summed E-state index contributed by atoms with van der Waals surface area (Å²) < 4.78 is 25.0. The molecule has 5 aliphatic rings. The van der Waals surface area contributed by atoms with Gasteiger partial charge in [-0.25, -0.2) is 24.1 Å². The molecule has 1 saturated heterocycles. The molecule has 70 heavy (non-hydrogen) atoms. The highest BCUT2D eigenvalue weighted by Crippen LogP contribution is 2.55. The minimum absolute atomic E-state index is 0.00627. The summed E-state index contributed by atoms with van der Waals surface area (Å²) in [5.74, 6) is 4.34. The second-order valence-electron chi connectivity index (χ2n) is 19.7. The maximum Gasteiger partial charge on any atom is 0.332 e. The van der Waals surface area contributed by atoms with Crippen molar-refractivity contribution in [3.63, 3.8) is 0 Å². The summed E-state index contributed by atoms with van der Waals surface area (Å²) >= 11 is 0. The molecule has 2 aromatic heterocycles. The number of benzene rings is 3. The highest BCUT2D eigenvalue weighted by molar-refractivity contribution is 6.03. The maximum absolute atomic E-state index is 15.7. The van der Waals surface area contributed by atoms with Crippen LogP contribution in [0.4, 0.5) is 21.6 Å². The number of carbonyl (C=O) groups is 1. The molecule has 11 rings (SSSR count). The Morgan fingerprint density at radius 2 is 1.66 bits per heavy atom. The van der Waals surface area contributed by atoms with Gasteiger partial charge in [0.15, 0.2) is 17.7 Å². The summed E-state index contributed by atoms with van der Waals surface area (Å²) in [5.41, 5.74) is 7.49. The summed E-state index contributed by atoms with van der Waals surface area (Å²) in [6, 6.07) is 18.1. The molecular formula is C53H50FN9O7. The molecule has 4 atom stereocenters. The molecule has 1 amide bonds. The van der Waals surface area contributed by atoms with Gasteiger partial charge in [0.1, 0.15) is 22.9 Å². The SMILES string of the molecule is CNc1c(-c2ccc(N3C=CN(c4c5c(nn4-c4cc(C)c(F)c(C)c4)CCN(C(=O)c4cc6cc([C@H]7CCOC(C)(C)C7)ccc6n4[C@@]4(C6=NC(=C=O)ON6)C[C@@H]4C)[C@H]5C)C3=C=O)cc2)c(=O)c1=O. The van der Waals surface area contributed by atoms with E-state index in [1.807, 2.05) is 17.9 Å². The number of hydrogen-bond acceptors (Lipinski definition) is 13. The van der Waals surface area contributed by atoms with E-state index in [9.17, 15) is 19.2 Å². The molecular weight excluding hydrogens is 894 g/mol. The van der Waals surface area contributed by atoms with Crippen molar-refractivity contribution < 1.29 is 28.3 Å². The summed E-state index contributed by atoms with van der Waals surface area (Å²) in [6.07, 6.45) is 6.15. The van der Waals surface area contributed by atoms with Crippen LogP contribution in [0.5, 0.6) is 0 Å². The number of aromatic nitrogens is 3. The monoisotopic (exact) mass is 943 g/mol. The Bertz CT molecular complexity index is 3450. The van der Waals surface area contributed by atoms with E-state index in [1.165, 1.54) is 0 Å². The van der Waals surface area contributed by atoms with Gasteiger partial charge in [-0.2, -0.15) is 10.1 Å². The average Bonchev–Trinajstić information content (AvgIpc) is 3.91. The van der Waals surface area contributed by atoms with Crippen LogP contribution in [0, 0.1) is 25.6 Å². The van der Waals surface area contributed by atoms with Crippen molar-refractivity contribution in [1.29, 1.82) is 0 Å². The number of hydroxylamine groups is 1. The third-order valence-electron chi connectivity index (χ3n) is 14.9. The van der Waals surface area contributed by atoms with Crippen molar-refractivity contribution in [2.24, 2.45) is 10.9 Å². The molecule has 2 fully saturated rings. The van der Waals surface area contributed by atoms with E-state index in [0.29, 0.717) is 88.2 Å². The van der Waals surface area contributed by atoms with Crippen LogP contribution < -0.4 is 31.5 Å². The number of hydrogen-bond donors (Lipinski definition) is 2. The molecule has 1 aliphatic carbocycles. The minimum atomic E-state index is -0.839. The number of halogens is 1. The number of rotatable bonds is 9. The first-order valence-electron chi connectivity index (χ1n) is 23.5. The van der Waals surface area contributed by atoms with E-state index < -0.39 is 22.4 Å². The first-order valence-corrected chi connectivity index (χ1v) is 23.5. The van der Waals surface area contributed by atoms with Crippen molar-refractivity contribution in [2.45, 2.75) is 90.3 Å². The Morgan fingerprint density at radius 1 is 0.929 bits per heavy atom. The fraction of sp³-hybridized carbons (Fsp3) is 0.340. The third-order valence-corrected chi connectivity index (χ3v) is 14.9. The van der Waals surface area contributed by atoms with Gasteiger partial charge in [0.25, 0.3) is 5.91 Å². The van der Waals surface area contributed by atoms with Gasteiger partial charge in [0.2, 0.25) is 16.7 Å². The molecule has 6 aromatic rings. The molecule has 356 valence electrons. The Labute approximate surface area is 401 Å². The lowest BCUT2D eigenvalue weighted by molar-refractivity contribution is -0.0592. The summed E-state index contributed by atoms with van der Waals surface area (Å²) in [6.45, 7) is 12.6. The van der Waals surface area contributed by atoms with Crippen molar-refractivity contribution in [3.05, 3.63) is 145 Å². The van der Waals surface area contributed by atoms with Crippen molar-refractivity contribution in [2.75, 3.05) is 35.3 Å². The van der Waals surface area contributed by atoms with Gasteiger partial charge in [-0.05, 0) is 130 Å². The number of anilines is 3. The fourth-order valence-electron chi connectivity index (χ4n) is 11.3. The number of amidine groups is 1. The van der Waals surface area contributed by atoms with Crippen LogP contribution in [0.2, 0.25) is 0 Å². The molecule has 17 heteroatoms. The standard InChI is InChI=1S/C53H50FN9O7/c1-28-20-37(21-29(2)45(28)54)63-49(61-18-17-60(42(61)27-65)36-11-8-32(9-12-36)44-46(55-7)48(67)47(44)66)43-31(4)59(16-14-38(43)57-63)50(68)40-23-35-22-33(34-15-19-69-52(5,6)25-34)10-13-39(35)62(40)53(24-30(53)3)51-56-41(26-64)70-58-51/h8-13,17-18,20-23,30-31,34,55H,14-16,19,24-25H2,1-7H3,(H,56,58)/t30-,31-,34-,53-/m0/s1. The van der Waals surface area contributed by atoms with E-state index >= 15 is 9.18 Å². The average molecular weight is 944 g/mol. The number of fused-ring (bicyclic) bond motifs is 2. The smallest absolute Gasteiger partial charge is 0.332 e. The molecule has 0 spiro atoms. The predicted molar refractivity (Wildman–Crippen MR) is 262 cm³/mol. The van der Waals surface area contributed by atoms with Crippen LogP contribution in [0.1, 0.15) is 97.4 Å². The number of nitrogens with zero attached hydrogens (tertiary/aromatic N) is 7. The number of nitrogens with one attached hydrogen (secondary N) is 2. The van der Waals surface area contributed by atoms with Gasteiger partial charge in [0, 0.05) is 61.2 Å². The number of aryl methyl sites for hydroxylation is 2. The van der Waals surface area contributed by atoms with Crippen molar-refractivity contribution >= 4 is 51.7 Å². The summed E-state index contributed by atoms with van der Waals surface area (Å²) in [5, 5.41) is 8.84. The third kappa shape index (κ3) is 6.71. The lowest BCUT2D eigenvalue weighted by Gasteiger charge is -2.36. The van der Waals surface area contributed by atoms with Crippen LogP contribution in [-0.4, -0.2) is 68.7 Å². The second kappa shape index (κ2) is 16.1. The highest BCUT2D eigenvalue weighted by atomic mass is 19.1. The van der Waals surface area contributed by atoms with Gasteiger partial charge in [-0.15, -0.1) is 0 Å². The molecule has 6 heterocycles. The zero-order valence-electron chi connectivity index (χ0n) is 39.8. The molecule has 4 aromatic carbocycles. The topological polar surface area (TPSA) is 173 Å². The van der Waals surface area contributed by atoms with Gasteiger partial charge in [0.05, 0.1) is 34.3 Å². The van der Waals surface area contributed by atoms with Crippen LogP contribution in [0.15, 0.2) is 99.3 Å². The number of ether oxygens (including phenoxy) is 1. The Hall–Kier alpha value is -7.84. The van der Waals surface area contributed by atoms with E-state index in [4.69, 9.17) is 14.7 Å². The van der Waals surface area contributed by atoms with E-state index in [2.05, 4.69) is 65.3 Å². The molecule has 0 radical (unpaired) electrons. The minimum Gasteiger partial charge on any atom is -0.384 e. The lowest BCUT2D eigenvalue weighted by atomic mass is 9.83. The van der Waals surface area contributed by atoms with E-state index in [0.717, 1.165) is 29.3 Å².